The second-order valence-corrected chi connectivity index (χ2v) is 5.17. The van der Waals surface area contributed by atoms with Crippen LogP contribution in [-0.2, 0) is 0 Å². The minimum atomic E-state index is 0.446. The molecule has 3 aromatic rings. The third-order valence-corrected chi connectivity index (χ3v) is 3.48. The monoisotopic (exact) mass is 347 g/mol. The van der Waals surface area contributed by atoms with Crippen molar-refractivity contribution in [2.45, 2.75) is 27.7 Å². The van der Waals surface area contributed by atoms with Gasteiger partial charge in [0.2, 0.25) is 0 Å². The first-order chi connectivity index (χ1) is 12.7. The van der Waals surface area contributed by atoms with Gasteiger partial charge in [-0.2, -0.15) is 5.26 Å². The van der Waals surface area contributed by atoms with E-state index in [0.717, 1.165) is 11.3 Å². The van der Waals surface area contributed by atoms with Gasteiger partial charge in [0.1, 0.15) is 29.9 Å². The normalized spacial score (nSPS) is 9.50. The lowest BCUT2D eigenvalue weighted by molar-refractivity contribution is 1.12. The summed E-state index contributed by atoms with van der Waals surface area (Å²) in [5, 5.41) is 15.4. The molecule has 0 aliphatic carbocycles. The van der Waals surface area contributed by atoms with E-state index in [2.05, 4.69) is 36.6 Å². The largest absolute Gasteiger partial charge is 0.339 e. The fraction of sp³-hybridized carbons (Fsp3) is 0.211. The van der Waals surface area contributed by atoms with Crippen molar-refractivity contribution in [2.75, 3.05) is 10.6 Å². The molecule has 0 bridgehead atoms. The van der Waals surface area contributed by atoms with E-state index in [4.69, 9.17) is 5.26 Å². The average molecular weight is 347 g/mol. The van der Waals surface area contributed by atoms with E-state index in [9.17, 15) is 0 Å². The molecule has 3 rings (SSSR count). The number of rotatable bonds is 4. The molecule has 132 valence electrons. The minimum Gasteiger partial charge on any atom is -0.339 e. The molecule has 26 heavy (non-hydrogen) atoms. The van der Waals surface area contributed by atoms with Crippen molar-refractivity contribution >= 4 is 23.1 Å². The van der Waals surface area contributed by atoms with Gasteiger partial charge in [0.15, 0.2) is 0 Å². The summed E-state index contributed by atoms with van der Waals surface area (Å²) >= 11 is 0. The number of nitrogens with zero attached hydrogens (tertiary/aromatic N) is 5. The molecular weight excluding hydrogens is 326 g/mol. The smallest absolute Gasteiger partial charge is 0.137 e. The van der Waals surface area contributed by atoms with Crippen LogP contribution in [-0.4, -0.2) is 19.9 Å². The fourth-order valence-electron chi connectivity index (χ4n) is 2.06. The van der Waals surface area contributed by atoms with Crippen LogP contribution in [0.3, 0.4) is 0 Å². The molecule has 7 heteroatoms. The van der Waals surface area contributed by atoms with Gasteiger partial charge < -0.3 is 10.6 Å². The lowest BCUT2D eigenvalue weighted by Gasteiger charge is -2.10. The first kappa shape index (κ1) is 18.8. The quantitative estimate of drug-likeness (QED) is 0.727. The summed E-state index contributed by atoms with van der Waals surface area (Å²) in [5.41, 5.74) is 3.18. The van der Waals surface area contributed by atoms with Crippen LogP contribution >= 0.6 is 0 Å². The van der Waals surface area contributed by atoms with Gasteiger partial charge in [0, 0.05) is 24.2 Å². The Bertz CT molecular complexity index is 916. The maximum Gasteiger partial charge on any atom is 0.137 e. The number of pyridine rings is 2. The number of hydrogen-bond acceptors (Lipinski definition) is 7. The van der Waals surface area contributed by atoms with Gasteiger partial charge in [-0.1, -0.05) is 19.9 Å². The maximum absolute atomic E-state index is 9.11. The van der Waals surface area contributed by atoms with Crippen LogP contribution in [0.2, 0.25) is 0 Å². The number of aromatic nitrogens is 4. The molecule has 2 N–H and O–H groups in total. The Labute approximate surface area is 153 Å². The van der Waals surface area contributed by atoms with Crippen molar-refractivity contribution in [2.24, 2.45) is 0 Å². The lowest BCUT2D eigenvalue weighted by atomic mass is 10.2. The Morgan fingerprint density at radius 1 is 0.962 bits per heavy atom. The molecule has 7 nitrogen and oxygen atoms in total. The van der Waals surface area contributed by atoms with E-state index in [1.165, 1.54) is 12.5 Å². The van der Waals surface area contributed by atoms with Gasteiger partial charge in [-0.25, -0.2) is 15.0 Å². The van der Waals surface area contributed by atoms with Gasteiger partial charge in [-0.05, 0) is 31.5 Å². The molecule has 0 unspecified atom stereocenters. The van der Waals surface area contributed by atoms with Crippen LogP contribution in [0.15, 0.2) is 43.0 Å². The van der Waals surface area contributed by atoms with E-state index in [-0.39, 0.29) is 0 Å². The molecule has 0 radical (unpaired) electrons. The zero-order valence-electron chi connectivity index (χ0n) is 15.3. The molecule has 3 aromatic heterocycles. The van der Waals surface area contributed by atoms with Crippen LogP contribution in [0.25, 0.3) is 0 Å². The van der Waals surface area contributed by atoms with Gasteiger partial charge in [-0.3, -0.25) is 4.98 Å². The number of anilines is 4. The summed E-state index contributed by atoms with van der Waals surface area (Å²) in [6.07, 6.45) is 4.56. The van der Waals surface area contributed by atoms with Crippen LogP contribution in [0.5, 0.6) is 0 Å². The number of aryl methyl sites for hydroxylation is 2. The molecule has 0 atom stereocenters. The highest BCUT2D eigenvalue weighted by Crippen LogP contribution is 2.20. The van der Waals surface area contributed by atoms with Crippen LogP contribution in [0.4, 0.5) is 23.1 Å². The Morgan fingerprint density at radius 2 is 1.69 bits per heavy atom. The third-order valence-electron chi connectivity index (χ3n) is 3.48. The predicted molar refractivity (Wildman–Crippen MR) is 103 cm³/mol. The summed E-state index contributed by atoms with van der Waals surface area (Å²) in [5.74, 6) is 1.89. The standard InChI is InChI=1S/C17H15N7.C2H6/c1-11-3-4-15(22-12(11)2)24-17-7-16(20-10-21-17)23-14-5-6-19-9-13(14)8-18;1-2/h3-7,9-10H,1-2H3,(H2,19,20,21,22,23,24);1-2H3. The highest BCUT2D eigenvalue weighted by Gasteiger charge is 2.05. The molecule has 0 aliphatic heterocycles. The SMILES string of the molecule is CC.Cc1ccc(Nc2cc(Nc3ccncc3C#N)ncn2)nc1C. The Balaban J connectivity index is 0.00000117. The number of nitrogens with one attached hydrogen (secondary N) is 2. The zero-order valence-corrected chi connectivity index (χ0v) is 15.3. The second kappa shape index (κ2) is 9.08. The van der Waals surface area contributed by atoms with Crippen LogP contribution in [0, 0.1) is 25.2 Å². The van der Waals surface area contributed by atoms with E-state index >= 15 is 0 Å². The summed E-state index contributed by atoms with van der Waals surface area (Å²) in [4.78, 5) is 16.8. The van der Waals surface area contributed by atoms with Crippen LogP contribution < -0.4 is 10.6 Å². The minimum absolute atomic E-state index is 0.446. The van der Waals surface area contributed by atoms with E-state index in [1.54, 1.807) is 18.3 Å². The topological polar surface area (TPSA) is 99.4 Å². The third kappa shape index (κ3) is 4.74. The summed E-state index contributed by atoms with van der Waals surface area (Å²) in [6, 6.07) is 9.46. The molecule has 0 saturated heterocycles. The summed E-state index contributed by atoms with van der Waals surface area (Å²) in [6.45, 7) is 7.97. The Morgan fingerprint density at radius 3 is 2.38 bits per heavy atom. The molecule has 0 aliphatic rings. The van der Waals surface area contributed by atoms with Crippen LogP contribution in [0.1, 0.15) is 30.7 Å². The molecule has 0 spiro atoms. The maximum atomic E-state index is 9.11. The number of hydrogen-bond donors (Lipinski definition) is 2. The molecule has 0 amide bonds. The van der Waals surface area contributed by atoms with E-state index < -0.39 is 0 Å². The molecular formula is C19H21N7. The van der Waals surface area contributed by atoms with E-state index in [1.807, 2.05) is 39.8 Å². The second-order valence-electron chi connectivity index (χ2n) is 5.17. The highest BCUT2D eigenvalue weighted by molar-refractivity contribution is 5.65. The predicted octanol–water partition coefficient (Wildman–Crippen LogP) is 4.27. The van der Waals surface area contributed by atoms with Gasteiger partial charge in [0.05, 0.1) is 11.3 Å². The van der Waals surface area contributed by atoms with E-state index in [0.29, 0.717) is 28.7 Å². The van der Waals surface area contributed by atoms with Gasteiger partial charge >= 0.3 is 0 Å². The average Bonchev–Trinajstić information content (AvgIpc) is 2.67. The molecule has 0 saturated carbocycles. The first-order valence-corrected chi connectivity index (χ1v) is 8.30. The molecule has 0 fully saturated rings. The van der Waals surface area contributed by atoms with Crippen molar-refractivity contribution in [3.8, 4) is 6.07 Å². The number of nitriles is 1. The lowest BCUT2D eigenvalue weighted by Crippen LogP contribution is -2.01. The van der Waals surface area contributed by atoms with Gasteiger partial charge in [0.25, 0.3) is 0 Å². The summed E-state index contributed by atoms with van der Waals surface area (Å²) in [7, 11) is 0. The van der Waals surface area contributed by atoms with Gasteiger partial charge in [-0.15, -0.1) is 0 Å². The van der Waals surface area contributed by atoms with Crippen molar-refractivity contribution < 1.29 is 0 Å². The van der Waals surface area contributed by atoms with Crippen molar-refractivity contribution in [1.29, 1.82) is 5.26 Å². The fourth-order valence-corrected chi connectivity index (χ4v) is 2.06. The molecule has 3 heterocycles. The summed E-state index contributed by atoms with van der Waals surface area (Å²) < 4.78 is 0. The zero-order chi connectivity index (χ0) is 18.9. The Hall–Kier alpha value is -3.53. The highest BCUT2D eigenvalue weighted by atomic mass is 15.1. The van der Waals surface area contributed by atoms with Crippen molar-refractivity contribution in [3.05, 3.63) is 59.8 Å². The van der Waals surface area contributed by atoms with Crippen molar-refractivity contribution in [1.82, 2.24) is 19.9 Å². The van der Waals surface area contributed by atoms with Crippen molar-refractivity contribution in [3.63, 3.8) is 0 Å². The molecule has 0 aromatic carbocycles. The Kier molecular flexibility index (Phi) is 6.57. The first-order valence-electron chi connectivity index (χ1n) is 8.30.